The molecule has 9 rings (SSSR count). The fourth-order valence-electron chi connectivity index (χ4n) is 9.23. The molecule has 2 saturated heterocycles. The first-order valence-corrected chi connectivity index (χ1v) is 25.4. The maximum absolute atomic E-state index is 12.8. The van der Waals surface area contributed by atoms with Crippen molar-refractivity contribution in [1.29, 1.82) is 0 Å². The minimum Gasteiger partial charge on any atom is -0.387 e. The van der Waals surface area contributed by atoms with Crippen LogP contribution in [0.2, 0.25) is 0 Å². The molecule has 17 nitrogen and oxygen atoms in total. The lowest BCUT2D eigenvalue weighted by Gasteiger charge is -2.50. The first-order chi connectivity index (χ1) is 37.8. The van der Waals surface area contributed by atoms with Gasteiger partial charge in [-0.05, 0) is 39.4 Å². The normalized spacial score (nSPS) is 23.2. The summed E-state index contributed by atoms with van der Waals surface area (Å²) in [7, 11) is 0. The van der Waals surface area contributed by atoms with Crippen LogP contribution in [0.5, 0.6) is 0 Å². The van der Waals surface area contributed by atoms with E-state index in [2.05, 4.69) is 5.32 Å². The molecule has 0 unspecified atom stereocenters. The Morgan fingerprint density at radius 2 is 0.844 bits per heavy atom. The highest BCUT2D eigenvalue weighted by Gasteiger charge is 2.54. The average Bonchev–Trinajstić information content (AvgIpc) is 3.49. The zero-order valence-electron chi connectivity index (χ0n) is 42.1. The van der Waals surface area contributed by atoms with Crippen LogP contribution in [0.15, 0.2) is 200 Å². The van der Waals surface area contributed by atoms with Crippen LogP contribution in [0.1, 0.15) is 33.4 Å². The highest BCUT2D eigenvalue weighted by molar-refractivity contribution is 5.66. The molecule has 0 radical (unpaired) electrons. The maximum atomic E-state index is 12.8. The van der Waals surface area contributed by atoms with Crippen LogP contribution in [0, 0.1) is 20.2 Å². The number of aliphatic hydroxyl groups is 1. The number of hydrogen-bond donors (Lipinski definition) is 2. The van der Waals surface area contributed by atoms with Gasteiger partial charge in [0.15, 0.2) is 12.6 Å². The van der Waals surface area contributed by atoms with Crippen LogP contribution in [0.3, 0.4) is 0 Å². The fraction of sp³-hybridized carbons (Fsp3) is 0.300. The monoisotopic (exact) mass is 1050 g/mol. The molecule has 7 aromatic carbocycles. The van der Waals surface area contributed by atoms with Gasteiger partial charge in [0.2, 0.25) is 0 Å². The number of nitro benzene ring substituents is 2. The van der Waals surface area contributed by atoms with E-state index >= 15 is 0 Å². The number of non-ortho nitro benzene ring substituents is 1. The lowest BCUT2D eigenvalue weighted by Crippen LogP contribution is -2.67. The highest BCUT2D eigenvalue weighted by Crippen LogP contribution is 2.38. The molecule has 77 heavy (non-hydrogen) atoms. The topological polar surface area (TPSA) is 202 Å². The summed E-state index contributed by atoms with van der Waals surface area (Å²) in [5, 5.41) is 40.4. The number of rotatable bonds is 26. The highest BCUT2D eigenvalue weighted by atomic mass is 16.8. The molecule has 0 saturated carbocycles. The molecule has 2 heterocycles. The van der Waals surface area contributed by atoms with Crippen LogP contribution < -0.4 is 5.32 Å². The molecule has 10 atom stereocenters. The molecule has 0 amide bonds. The third-order valence-corrected chi connectivity index (χ3v) is 13.2. The predicted molar refractivity (Wildman–Crippen MR) is 284 cm³/mol. The molecule has 2 aliphatic heterocycles. The average molecular weight is 1050 g/mol. The maximum Gasteiger partial charge on any atom is 0.299 e. The van der Waals surface area contributed by atoms with E-state index in [1.807, 2.05) is 182 Å². The smallest absolute Gasteiger partial charge is 0.299 e. The van der Waals surface area contributed by atoms with Gasteiger partial charge < -0.3 is 53.1 Å². The van der Waals surface area contributed by atoms with Crippen molar-refractivity contribution < 1.29 is 57.6 Å². The molecular weight excluding hydrogens is 987 g/mol. The Morgan fingerprint density at radius 1 is 0.442 bits per heavy atom. The largest absolute Gasteiger partial charge is 0.387 e. The molecule has 0 aromatic heterocycles. The summed E-state index contributed by atoms with van der Waals surface area (Å²) in [6.07, 6.45) is -10.4. The standard InChI is InChI=1S/C60H61N3O14/c64-54-51(40-69-34-42-19-7-1-8-20-42)75-60(58(73-38-46-27-15-5-16-28-46)57(54)72-37-45-25-13-4-14-26-45)77-55-52(41-70-35-43-21-9-2-10-22-43)76-59(74-39-47-29-17-6-18-30-47)53(56(55)71-36-44-23-11-3-12-24-44)61-49-32-31-48(62(65)66)33-50(49)63(67)68/h1-33,51-61,64H,34-41H2/t51-,52-,53-,54-,55-,56-,57+,58-,59-,60+/m1/s1. The van der Waals surface area contributed by atoms with Gasteiger partial charge in [0.1, 0.15) is 54.5 Å². The van der Waals surface area contributed by atoms with Gasteiger partial charge in [-0.25, -0.2) is 0 Å². The summed E-state index contributed by atoms with van der Waals surface area (Å²) in [6.45, 7) is 0.504. The number of aliphatic hydroxyl groups excluding tert-OH is 1. The number of hydrogen-bond acceptors (Lipinski definition) is 15. The van der Waals surface area contributed by atoms with Crippen LogP contribution in [-0.2, 0) is 82.3 Å². The molecule has 0 bridgehead atoms. The van der Waals surface area contributed by atoms with Gasteiger partial charge in [0.05, 0.1) is 68.8 Å². The van der Waals surface area contributed by atoms with E-state index in [0.717, 1.165) is 39.4 Å². The molecule has 2 aliphatic rings. The molecule has 2 fully saturated rings. The van der Waals surface area contributed by atoms with E-state index in [1.54, 1.807) is 0 Å². The number of nitrogens with one attached hydrogen (secondary N) is 1. The molecule has 0 aliphatic carbocycles. The number of nitrogens with zero attached hydrogens (tertiary/aromatic N) is 2. The molecule has 0 spiro atoms. The van der Waals surface area contributed by atoms with E-state index in [-0.39, 0.29) is 58.5 Å². The Bertz CT molecular complexity index is 2880. The third kappa shape index (κ3) is 15.2. The van der Waals surface area contributed by atoms with Crippen molar-refractivity contribution in [1.82, 2.24) is 0 Å². The SMILES string of the molecule is O=[N+]([O-])c1ccc(N[C@H]2[C@H](OCc3ccccc3)O[C@H](COCc3ccccc3)[C@@H](O[C@@H]3O[C@H](COCc4ccccc4)[C@@H](O)[C@H](OCc4ccccc4)[C@H]3OCc3ccccc3)[C@@H]2OCc2ccccc2)c([N+](=O)[O-])c1. The Hall–Kier alpha value is -7.26. The Labute approximate surface area is 446 Å². The van der Waals surface area contributed by atoms with E-state index in [9.17, 15) is 25.3 Å². The van der Waals surface area contributed by atoms with Gasteiger partial charge in [-0.1, -0.05) is 182 Å². The number of anilines is 1. The number of ether oxygens (including phenoxy) is 9. The molecule has 7 aromatic rings. The van der Waals surface area contributed by atoms with Crippen LogP contribution in [0.4, 0.5) is 17.1 Å². The van der Waals surface area contributed by atoms with Gasteiger partial charge in [-0.2, -0.15) is 0 Å². The summed E-state index contributed by atoms with van der Waals surface area (Å²) >= 11 is 0. The minimum atomic E-state index is -1.34. The van der Waals surface area contributed by atoms with E-state index in [0.29, 0.717) is 0 Å². The number of benzene rings is 7. The second-order valence-corrected chi connectivity index (χ2v) is 18.6. The number of nitro groups is 2. The summed E-state index contributed by atoms with van der Waals surface area (Å²) in [4.78, 5) is 23.3. The van der Waals surface area contributed by atoms with Crippen molar-refractivity contribution in [2.45, 2.75) is 101 Å². The molecule has 2 N–H and O–H groups in total. The minimum absolute atomic E-state index is 0.0197. The van der Waals surface area contributed by atoms with Crippen molar-refractivity contribution in [3.63, 3.8) is 0 Å². The van der Waals surface area contributed by atoms with Crippen LogP contribution in [-0.4, -0.2) is 89.5 Å². The van der Waals surface area contributed by atoms with E-state index in [1.165, 1.54) is 12.1 Å². The zero-order valence-corrected chi connectivity index (χ0v) is 42.1. The van der Waals surface area contributed by atoms with E-state index < -0.39 is 82.6 Å². The Kier molecular flexibility index (Phi) is 19.6. The van der Waals surface area contributed by atoms with Crippen molar-refractivity contribution in [3.8, 4) is 0 Å². The molecule has 400 valence electrons. The summed E-state index contributed by atoms with van der Waals surface area (Å²) < 4.78 is 61.1. The van der Waals surface area contributed by atoms with E-state index in [4.69, 9.17) is 42.6 Å². The van der Waals surface area contributed by atoms with Crippen molar-refractivity contribution >= 4 is 17.1 Å². The summed E-state index contributed by atoms with van der Waals surface area (Å²) in [5.41, 5.74) is 3.99. The van der Waals surface area contributed by atoms with Crippen molar-refractivity contribution in [3.05, 3.63) is 254 Å². The van der Waals surface area contributed by atoms with Crippen LogP contribution >= 0.6 is 0 Å². The quantitative estimate of drug-likeness (QED) is 0.0383. The Morgan fingerprint density at radius 3 is 1.30 bits per heavy atom. The van der Waals surface area contributed by atoms with Gasteiger partial charge in [-0.15, -0.1) is 0 Å². The predicted octanol–water partition coefficient (Wildman–Crippen LogP) is 9.89. The van der Waals surface area contributed by atoms with Gasteiger partial charge in [0.25, 0.3) is 11.4 Å². The van der Waals surface area contributed by atoms with Gasteiger partial charge in [0, 0.05) is 6.07 Å². The molecular formula is C60H61N3O14. The fourth-order valence-corrected chi connectivity index (χ4v) is 9.23. The first-order valence-electron chi connectivity index (χ1n) is 25.4. The third-order valence-electron chi connectivity index (χ3n) is 13.2. The summed E-state index contributed by atoms with van der Waals surface area (Å²) in [5.74, 6) is 0. The second kappa shape index (κ2) is 27.7. The molecule has 17 heteroatoms. The summed E-state index contributed by atoms with van der Waals surface area (Å²) in [6, 6.07) is 59.4. The first kappa shape index (κ1) is 54.5. The van der Waals surface area contributed by atoms with Crippen molar-refractivity contribution in [2.75, 3.05) is 18.5 Å². The zero-order chi connectivity index (χ0) is 53.2. The van der Waals surface area contributed by atoms with Gasteiger partial charge in [-0.3, -0.25) is 20.2 Å². The van der Waals surface area contributed by atoms with Gasteiger partial charge >= 0.3 is 0 Å². The lowest BCUT2D eigenvalue weighted by molar-refractivity contribution is -0.393. The van der Waals surface area contributed by atoms with Crippen molar-refractivity contribution in [2.24, 2.45) is 0 Å². The van der Waals surface area contributed by atoms with Crippen LogP contribution in [0.25, 0.3) is 0 Å². The Balaban J connectivity index is 1.14. The lowest BCUT2D eigenvalue weighted by atomic mass is 9.94. The second-order valence-electron chi connectivity index (χ2n) is 18.6.